The van der Waals surface area contributed by atoms with Gasteiger partial charge in [0.25, 0.3) is 0 Å². The van der Waals surface area contributed by atoms with Crippen LogP contribution in [0.5, 0.6) is 11.5 Å². The standard InChI is InChI=1S/C28H31N5OS/c29-28-24-25(31-18-32-28)27(20-6-10-21(11-7-20)33-16-14-30-15-17-33)35-26(24)19-8-12-23(13-9-19)34-22-4-2-1-3-5-22/h1-5,8-9,12-13,18,20-21,30H,6-7,10-11,14-17H2,(H2,29,31,32). The zero-order valence-corrected chi connectivity index (χ0v) is 20.6. The molecule has 0 bridgehead atoms. The van der Waals surface area contributed by atoms with Crippen molar-refractivity contribution in [3.8, 4) is 21.9 Å². The van der Waals surface area contributed by atoms with E-state index in [9.17, 15) is 0 Å². The van der Waals surface area contributed by atoms with E-state index < -0.39 is 0 Å². The summed E-state index contributed by atoms with van der Waals surface area (Å²) in [5.41, 5.74) is 8.57. The molecule has 1 saturated heterocycles. The molecule has 1 saturated carbocycles. The highest BCUT2D eigenvalue weighted by Gasteiger charge is 2.30. The Kier molecular flexibility index (Phi) is 6.37. The molecule has 2 aliphatic rings. The van der Waals surface area contributed by atoms with Gasteiger partial charge in [-0.3, -0.25) is 4.90 Å². The van der Waals surface area contributed by atoms with Crippen molar-refractivity contribution in [1.29, 1.82) is 0 Å². The van der Waals surface area contributed by atoms with Gasteiger partial charge in [-0.2, -0.15) is 0 Å². The van der Waals surface area contributed by atoms with E-state index in [1.165, 1.54) is 43.6 Å². The maximum absolute atomic E-state index is 6.41. The van der Waals surface area contributed by atoms with E-state index in [4.69, 9.17) is 15.5 Å². The van der Waals surface area contributed by atoms with Gasteiger partial charge in [0.05, 0.1) is 10.9 Å². The second kappa shape index (κ2) is 9.93. The van der Waals surface area contributed by atoms with Crippen LogP contribution in [0.25, 0.3) is 21.3 Å². The molecule has 3 heterocycles. The van der Waals surface area contributed by atoms with Crippen LogP contribution >= 0.6 is 11.3 Å². The number of anilines is 1. The number of hydrogen-bond acceptors (Lipinski definition) is 7. The summed E-state index contributed by atoms with van der Waals surface area (Å²) in [7, 11) is 0. The van der Waals surface area contributed by atoms with Gasteiger partial charge in [0.15, 0.2) is 0 Å². The number of hydrogen-bond donors (Lipinski definition) is 2. The fraction of sp³-hybridized carbons (Fsp3) is 0.357. The molecule has 7 heteroatoms. The molecule has 3 N–H and O–H groups in total. The summed E-state index contributed by atoms with van der Waals surface area (Å²) in [6, 6.07) is 18.8. The van der Waals surface area contributed by atoms with Crippen LogP contribution in [0.3, 0.4) is 0 Å². The molecule has 180 valence electrons. The second-order valence-corrected chi connectivity index (χ2v) is 10.6. The van der Waals surface area contributed by atoms with Crippen molar-refractivity contribution >= 4 is 28.1 Å². The summed E-state index contributed by atoms with van der Waals surface area (Å²) in [6.07, 6.45) is 6.53. The van der Waals surface area contributed by atoms with E-state index in [0.717, 1.165) is 52.0 Å². The average Bonchev–Trinajstić information content (AvgIpc) is 3.31. The number of nitrogens with two attached hydrogens (primary N) is 1. The fourth-order valence-corrected chi connectivity index (χ4v) is 6.98. The van der Waals surface area contributed by atoms with Crippen molar-refractivity contribution in [1.82, 2.24) is 20.2 Å². The molecule has 1 aliphatic heterocycles. The van der Waals surface area contributed by atoms with Gasteiger partial charge in [0.1, 0.15) is 23.6 Å². The van der Waals surface area contributed by atoms with E-state index in [0.29, 0.717) is 11.7 Å². The van der Waals surface area contributed by atoms with Crippen LogP contribution in [-0.4, -0.2) is 47.1 Å². The Hall–Kier alpha value is -3.00. The number of fused-ring (bicyclic) bond motifs is 1. The third-order valence-corrected chi connectivity index (χ3v) is 8.77. The van der Waals surface area contributed by atoms with E-state index in [-0.39, 0.29) is 0 Å². The monoisotopic (exact) mass is 485 g/mol. The van der Waals surface area contributed by atoms with Crippen molar-refractivity contribution in [2.75, 3.05) is 31.9 Å². The molecule has 2 fully saturated rings. The summed E-state index contributed by atoms with van der Waals surface area (Å²) in [4.78, 5) is 14.3. The molecule has 0 atom stereocenters. The second-order valence-electron chi connectivity index (χ2n) is 9.51. The third-order valence-electron chi connectivity index (χ3n) is 7.38. The molecular formula is C28H31N5OS. The molecule has 6 rings (SSSR count). The van der Waals surface area contributed by atoms with Crippen molar-refractivity contribution in [3.63, 3.8) is 0 Å². The number of piperazine rings is 1. The Morgan fingerprint density at radius 2 is 1.60 bits per heavy atom. The Morgan fingerprint density at radius 1 is 0.886 bits per heavy atom. The minimum Gasteiger partial charge on any atom is -0.457 e. The molecule has 2 aromatic heterocycles. The third kappa shape index (κ3) is 4.63. The van der Waals surface area contributed by atoms with Gasteiger partial charge in [0, 0.05) is 42.0 Å². The molecular weight excluding hydrogens is 454 g/mol. The SMILES string of the molecule is Nc1ncnc2c(C3CCC(N4CCNCC4)CC3)sc(-c3ccc(Oc4ccccc4)cc3)c12. The van der Waals surface area contributed by atoms with Gasteiger partial charge in [-0.1, -0.05) is 18.2 Å². The Labute approximate surface area is 210 Å². The summed E-state index contributed by atoms with van der Waals surface area (Å²) < 4.78 is 5.99. The van der Waals surface area contributed by atoms with Gasteiger partial charge >= 0.3 is 0 Å². The van der Waals surface area contributed by atoms with Crippen LogP contribution in [0.1, 0.15) is 36.5 Å². The van der Waals surface area contributed by atoms with E-state index in [2.05, 4.69) is 27.3 Å². The molecule has 6 nitrogen and oxygen atoms in total. The van der Waals surface area contributed by atoms with Crippen molar-refractivity contribution in [3.05, 3.63) is 65.8 Å². The number of nitrogen functional groups attached to an aromatic ring is 1. The molecule has 0 spiro atoms. The highest BCUT2D eigenvalue weighted by atomic mass is 32.1. The van der Waals surface area contributed by atoms with Crippen molar-refractivity contribution in [2.24, 2.45) is 0 Å². The Bertz CT molecular complexity index is 1280. The lowest BCUT2D eigenvalue weighted by atomic mass is 9.84. The van der Waals surface area contributed by atoms with E-state index >= 15 is 0 Å². The Morgan fingerprint density at radius 3 is 2.34 bits per heavy atom. The molecule has 1 aliphatic carbocycles. The number of rotatable bonds is 5. The normalized spacial score (nSPS) is 21.3. The topological polar surface area (TPSA) is 76.3 Å². The van der Waals surface area contributed by atoms with Gasteiger partial charge < -0.3 is 15.8 Å². The number of para-hydroxylation sites is 1. The first-order chi connectivity index (χ1) is 17.3. The van der Waals surface area contributed by atoms with Gasteiger partial charge in [-0.05, 0) is 73.6 Å². The van der Waals surface area contributed by atoms with Crippen LogP contribution in [0.2, 0.25) is 0 Å². The van der Waals surface area contributed by atoms with Crippen LogP contribution in [0, 0.1) is 0 Å². The zero-order chi connectivity index (χ0) is 23.6. The predicted octanol–water partition coefficient (Wildman–Crippen LogP) is 5.66. The lowest BCUT2D eigenvalue weighted by molar-refractivity contribution is 0.133. The quantitative estimate of drug-likeness (QED) is 0.380. The zero-order valence-electron chi connectivity index (χ0n) is 19.8. The number of aromatic nitrogens is 2. The van der Waals surface area contributed by atoms with Gasteiger partial charge in [0.2, 0.25) is 0 Å². The van der Waals surface area contributed by atoms with Gasteiger partial charge in [-0.25, -0.2) is 9.97 Å². The molecule has 35 heavy (non-hydrogen) atoms. The number of thiophene rings is 1. The summed E-state index contributed by atoms with van der Waals surface area (Å²) in [5.74, 6) is 2.74. The summed E-state index contributed by atoms with van der Waals surface area (Å²) >= 11 is 1.85. The minimum atomic E-state index is 0.533. The van der Waals surface area contributed by atoms with Crippen LogP contribution in [-0.2, 0) is 0 Å². The largest absolute Gasteiger partial charge is 0.457 e. The minimum absolute atomic E-state index is 0.533. The predicted molar refractivity (Wildman–Crippen MR) is 143 cm³/mol. The smallest absolute Gasteiger partial charge is 0.136 e. The van der Waals surface area contributed by atoms with Crippen LogP contribution in [0.15, 0.2) is 60.9 Å². The fourth-order valence-electron chi connectivity index (χ4n) is 5.55. The lowest BCUT2D eigenvalue weighted by Crippen LogP contribution is -2.49. The first kappa shape index (κ1) is 22.5. The summed E-state index contributed by atoms with van der Waals surface area (Å²) in [5, 5.41) is 4.47. The van der Waals surface area contributed by atoms with E-state index in [1.807, 2.05) is 53.8 Å². The molecule has 0 unspecified atom stereocenters. The first-order valence-electron chi connectivity index (χ1n) is 12.6. The number of ether oxygens (including phenoxy) is 1. The van der Waals surface area contributed by atoms with Gasteiger partial charge in [-0.15, -0.1) is 11.3 Å². The van der Waals surface area contributed by atoms with Crippen molar-refractivity contribution in [2.45, 2.75) is 37.6 Å². The maximum Gasteiger partial charge on any atom is 0.136 e. The van der Waals surface area contributed by atoms with Crippen molar-refractivity contribution < 1.29 is 4.74 Å². The number of nitrogens with one attached hydrogen (secondary N) is 1. The van der Waals surface area contributed by atoms with E-state index in [1.54, 1.807) is 6.33 Å². The molecule has 4 aromatic rings. The molecule has 0 radical (unpaired) electrons. The molecule has 0 amide bonds. The maximum atomic E-state index is 6.41. The molecule has 2 aromatic carbocycles. The highest BCUT2D eigenvalue weighted by Crippen LogP contribution is 2.47. The number of nitrogens with zero attached hydrogens (tertiary/aromatic N) is 3. The lowest BCUT2D eigenvalue weighted by Gasteiger charge is -2.39. The Balaban J connectivity index is 1.26. The first-order valence-corrected chi connectivity index (χ1v) is 13.4. The number of benzene rings is 2. The van der Waals surface area contributed by atoms with Crippen LogP contribution < -0.4 is 15.8 Å². The summed E-state index contributed by atoms with van der Waals surface area (Å²) in [6.45, 7) is 4.58. The highest BCUT2D eigenvalue weighted by molar-refractivity contribution is 7.17. The van der Waals surface area contributed by atoms with Crippen LogP contribution in [0.4, 0.5) is 5.82 Å². The average molecular weight is 486 g/mol.